The van der Waals surface area contributed by atoms with Gasteiger partial charge in [0.05, 0.1) is 5.25 Å². The molecule has 1 aromatic carbocycles. The molecule has 98 valence electrons. The van der Waals surface area contributed by atoms with Gasteiger partial charge >= 0.3 is 0 Å². The van der Waals surface area contributed by atoms with Crippen LogP contribution >= 0.6 is 23.1 Å². The summed E-state index contributed by atoms with van der Waals surface area (Å²) in [4.78, 5) is 16.7. The van der Waals surface area contributed by atoms with Gasteiger partial charge in [0.2, 0.25) is 5.91 Å². The van der Waals surface area contributed by atoms with Gasteiger partial charge in [0, 0.05) is 16.8 Å². The highest BCUT2D eigenvalue weighted by molar-refractivity contribution is 8.02. The number of para-hydroxylation sites is 1. The van der Waals surface area contributed by atoms with E-state index in [9.17, 15) is 4.79 Å². The summed E-state index contributed by atoms with van der Waals surface area (Å²) in [5.74, 6) is 0.0859. The number of carbonyl (C=O) groups is 1. The molecule has 0 unspecified atom stereocenters. The normalized spacial score (nSPS) is 18.6. The van der Waals surface area contributed by atoms with Crippen molar-refractivity contribution in [1.29, 1.82) is 0 Å². The van der Waals surface area contributed by atoms with Gasteiger partial charge in [0.25, 0.3) is 0 Å². The minimum Gasteiger partial charge on any atom is -0.325 e. The standard InChI is InChI=1S/C14H14N2OS2/c1-9-8-18-14(15-9)19-12-7-6-10-4-2-3-5-11(10)16-13(12)17/h2-5,8,12H,6-7H2,1H3,(H,16,17)/t12-/m1/s1. The number of anilines is 1. The number of rotatable bonds is 2. The van der Waals surface area contributed by atoms with Gasteiger partial charge in [-0.05, 0) is 31.4 Å². The number of hydrogen-bond acceptors (Lipinski definition) is 4. The molecule has 1 N–H and O–H groups in total. The molecule has 3 nitrogen and oxygen atoms in total. The second kappa shape index (κ2) is 5.35. The van der Waals surface area contributed by atoms with Crippen molar-refractivity contribution >= 4 is 34.7 Å². The van der Waals surface area contributed by atoms with E-state index in [0.29, 0.717) is 0 Å². The number of amides is 1. The van der Waals surface area contributed by atoms with Crippen LogP contribution in [0.1, 0.15) is 17.7 Å². The van der Waals surface area contributed by atoms with E-state index in [0.717, 1.165) is 28.6 Å². The quantitative estimate of drug-likeness (QED) is 0.920. The van der Waals surface area contributed by atoms with Gasteiger partial charge in [-0.2, -0.15) is 0 Å². The minimum atomic E-state index is -0.0575. The molecule has 0 saturated carbocycles. The Labute approximate surface area is 120 Å². The number of thioether (sulfide) groups is 1. The fraction of sp³-hybridized carbons (Fsp3) is 0.286. The molecule has 5 heteroatoms. The van der Waals surface area contributed by atoms with Gasteiger partial charge in [0.15, 0.2) is 4.34 Å². The molecule has 1 aliphatic heterocycles. The number of hydrogen-bond donors (Lipinski definition) is 1. The molecule has 0 spiro atoms. The van der Waals surface area contributed by atoms with Crippen molar-refractivity contribution in [2.75, 3.05) is 5.32 Å². The van der Waals surface area contributed by atoms with Gasteiger partial charge in [-0.3, -0.25) is 4.79 Å². The highest BCUT2D eigenvalue weighted by Crippen LogP contribution is 2.32. The van der Waals surface area contributed by atoms with E-state index in [1.807, 2.05) is 30.5 Å². The first-order chi connectivity index (χ1) is 9.22. The van der Waals surface area contributed by atoms with Crippen LogP contribution in [0.25, 0.3) is 0 Å². The van der Waals surface area contributed by atoms with E-state index in [1.54, 1.807) is 23.1 Å². The predicted molar refractivity (Wildman–Crippen MR) is 79.9 cm³/mol. The van der Waals surface area contributed by atoms with Crippen molar-refractivity contribution in [1.82, 2.24) is 4.98 Å². The van der Waals surface area contributed by atoms with E-state index in [1.165, 1.54) is 5.56 Å². The minimum absolute atomic E-state index is 0.0575. The topological polar surface area (TPSA) is 42.0 Å². The first kappa shape index (κ1) is 12.7. The number of fused-ring (bicyclic) bond motifs is 1. The summed E-state index contributed by atoms with van der Waals surface area (Å²) in [6.07, 6.45) is 1.78. The smallest absolute Gasteiger partial charge is 0.237 e. The molecule has 1 atom stereocenters. The maximum atomic E-state index is 12.2. The summed E-state index contributed by atoms with van der Waals surface area (Å²) in [6, 6.07) is 8.02. The first-order valence-electron chi connectivity index (χ1n) is 6.20. The van der Waals surface area contributed by atoms with Crippen molar-refractivity contribution in [2.24, 2.45) is 0 Å². The second-order valence-electron chi connectivity index (χ2n) is 4.55. The number of thiazole rings is 1. The van der Waals surface area contributed by atoms with Gasteiger partial charge in [-0.25, -0.2) is 4.98 Å². The number of nitrogens with one attached hydrogen (secondary N) is 1. The monoisotopic (exact) mass is 290 g/mol. The fourth-order valence-electron chi connectivity index (χ4n) is 2.11. The van der Waals surface area contributed by atoms with Crippen LogP contribution in [-0.2, 0) is 11.2 Å². The lowest BCUT2D eigenvalue weighted by Gasteiger charge is -2.10. The summed E-state index contributed by atoms with van der Waals surface area (Å²) in [6.45, 7) is 1.98. The predicted octanol–water partition coefficient (Wildman–Crippen LogP) is 3.50. The average Bonchev–Trinajstić information content (AvgIpc) is 2.74. The van der Waals surface area contributed by atoms with Crippen molar-refractivity contribution in [3.05, 3.63) is 40.9 Å². The molecule has 0 bridgehead atoms. The molecule has 0 radical (unpaired) electrons. The van der Waals surface area contributed by atoms with Crippen molar-refractivity contribution in [3.63, 3.8) is 0 Å². The summed E-state index contributed by atoms with van der Waals surface area (Å²) in [7, 11) is 0. The van der Waals surface area contributed by atoms with Gasteiger partial charge < -0.3 is 5.32 Å². The zero-order valence-corrected chi connectivity index (χ0v) is 12.2. The summed E-state index contributed by atoms with van der Waals surface area (Å²) >= 11 is 3.18. The summed E-state index contributed by atoms with van der Waals surface area (Å²) in [5, 5.41) is 4.98. The van der Waals surface area contributed by atoms with Gasteiger partial charge in [-0.15, -0.1) is 11.3 Å². The van der Waals surface area contributed by atoms with Gasteiger partial charge in [0.1, 0.15) is 0 Å². The molecule has 1 amide bonds. The maximum Gasteiger partial charge on any atom is 0.237 e. The molecule has 1 aliphatic rings. The summed E-state index contributed by atoms with van der Waals surface area (Å²) in [5.41, 5.74) is 3.19. The number of nitrogens with zero attached hydrogens (tertiary/aromatic N) is 1. The first-order valence-corrected chi connectivity index (χ1v) is 7.96. The molecular weight excluding hydrogens is 276 g/mol. The van der Waals surface area contributed by atoms with Crippen molar-refractivity contribution in [2.45, 2.75) is 29.4 Å². The number of aryl methyl sites for hydroxylation is 2. The lowest BCUT2D eigenvalue weighted by Crippen LogP contribution is -2.23. The van der Waals surface area contributed by atoms with E-state index in [2.05, 4.69) is 16.4 Å². The third-order valence-electron chi connectivity index (χ3n) is 3.08. The highest BCUT2D eigenvalue weighted by atomic mass is 32.2. The maximum absolute atomic E-state index is 12.2. The Hall–Kier alpha value is -1.33. The molecule has 0 fully saturated rings. The Balaban J connectivity index is 1.77. The Morgan fingerprint density at radius 2 is 2.26 bits per heavy atom. The van der Waals surface area contributed by atoms with Crippen LogP contribution in [0.15, 0.2) is 34.0 Å². The molecule has 1 aromatic heterocycles. The van der Waals surface area contributed by atoms with E-state index < -0.39 is 0 Å². The van der Waals surface area contributed by atoms with Crippen LogP contribution in [0.5, 0.6) is 0 Å². The zero-order chi connectivity index (χ0) is 13.2. The number of carbonyl (C=O) groups excluding carboxylic acids is 1. The Morgan fingerprint density at radius 1 is 1.42 bits per heavy atom. The van der Waals surface area contributed by atoms with Crippen LogP contribution in [0.4, 0.5) is 5.69 Å². The SMILES string of the molecule is Cc1csc(S[C@@H]2CCc3ccccc3NC2=O)n1. The molecule has 0 saturated heterocycles. The van der Waals surface area contributed by atoms with Crippen LogP contribution in [-0.4, -0.2) is 16.1 Å². The van der Waals surface area contributed by atoms with Crippen LogP contribution in [0, 0.1) is 6.92 Å². The lowest BCUT2D eigenvalue weighted by atomic mass is 10.1. The number of aromatic nitrogens is 1. The highest BCUT2D eigenvalue weighted by Gasteiger charge is 2.25. The largest absolute Gasteiger partial charge is 0.325 e. The van der Waals surface area contributed by atoms with Crippen LogP contribution in [0.2, 0.25) is 0 Å². The van der Waals surface area contributed by atoms with Crippen LogP contribution < -0.4 is 5.32 Å². The average molecular weight is 290 g/mol. The van der Waals surface area contributed by atoms with E-state index >= 15 is 0 Å². The molecule has 3 rings (SSSR count). The van der Waals surface area contributed by atoms with Crippen molar-refractivity contribution in [3.8, 4) is 0 Å². The lowest BCUT2D eigenvalue weighted by molar-refractivity contribution is -0.115. The Morgan fingerprint density at radius 3 is 3.05 bits per heavy atom. The molecule has 2 heterocycles. The van der Waals surface area contributed by atoms with E-state index in [4.69, 9.17) is 0 Å². The van der Waals surface area contributed by atoms with Gasteiger partial charge in [-0.1, -0.05) is 30.0 Å². The molecule has 0 aliphatic carbocycles. The Bertz CT molecular complexity index is 609. The molecule has 2 aromatic rings. The fourth-order valence-corrected chi connectivity index (χ4v) is 4.19. The summed E-state index contributed by atoms with van der Waals surface area (Å²) < 4.78 is 0.976. The molecule has 19 heavy (non-hydrogen) atoms. The second-order valence-corrected chi connectivity index (χ2v) is 6.85. The van der Waals surface area contributed by atoms with Crippen LogP contribution in [0.3, 0.4) is 0 Å². The third kappa shape index (κ3) is 2.82. The number of benzene rings is 1. The molecular formula is C14H14N2OS2. The zero-order valence-electron chi connectivity index (χ0n) is 10.6. The van der Waals surface area contributed by atoms with E-state index in [-0.39, 0.29) is 11.2 Å². The third-order valence-corrected chi connectivity index (χ3v) is 5.44. The van der Waals surface area contributed by atoms with Crippen molar-refractivity contribution < 1.29 is 4.79 Å². The Kier molecular flexibility index (Phi) is 3.57.